The van der Waals surface area contributed by atoms with E-state index in [0.29, 0.717) is 29.8 Å². The average Bonchev–Trinajstić information content (AvgIpc) is 3.40. The van der Waals surface area contributed by atoms with E-state index in [1.807, 2.05) is 18.2 Å². The van der Waals surface area contributed by atoms with Gasteiger partial charge in [0.05, 0.1) is 10.9 Å². The molecule has 142 valence electrons. The second kappa shape index (κ2) is 7.77. The van der Waals surface area contributed by atoms with Crippen LogP contribution in [0.15, 0.2) is 40.8 Å². The molecule has 1 aliphatic heterocycles. The molecule has 2 heterocycles. The van der Waals surface area contributed by atoms with Crippen molar-refractivity contribution in [2.45, 2.75) is 25.7 Å². The molecule has 2 aromatic rings. The van der Waals surface area contributed by atoms with E-state index in [0.717, 1.165) is 24.9 Å². The van der Waals surface area contributed by atoms with Crippen LogP contribution < -0.4 is 5.32 Å². The van der Waals surface area contributed by atoms with Crippen molar-refractivity contribution >= 4 is 23.4 Å². The van der Waals surface area contributed by atoms with Crippen LogP contribution in [0.4, 0.5) is 0 Å². The van der Waals surface area contributed by atoms with E-state index < -0.39 is 0 Å². The molecule has 1 N–H and O–H groups in total. The lowest BCUT2D eigenvalue weighted by atomic mass is 9.97. The van der Waals surface area contributed by atoms with Gasteiger partial charge in [0.25, 0.3) is 5.91 Å². The number of hydrogen-bond acceptors (Lipinski definition) is 3. The topological polar surface area (TPSA) is 62.6 Å². The van der Waals surface area contributed by atoms with Crippen molar-refractivity contribution in [3.05, 3.63) is 47.2 Å². The largest absolute Gasteiger partial charge is 0.451 e. The van der Waals surface area contributed by atoms with Crippen molar-refractivity contribution in [2.75, 3.05) is 19.6 Å². The zero-order valence-corrected chi connectivity index (χ0v) is 15.9. The van der Waals surface area contributed by atoms with Crippen LogP contribution >= 0.6 is 11.6 Å². The van der Waals surface area contributed by atoms with Gasteiger partial charge in [-0.05, 0) is 55.9 Å². The van der Waals surface area contributed by atoms with Crippen molar-refractivity contribution in [3.8, 4) is 11.3 Å². The number of hydrogen-bond donors (Lipinski definition) is 1. The highest BCUT2D eigenvalue weighted by Gasteiger charge is 2.31. The SMILES string of the molecule is O=C(NCC1CC1)[C@@H]1CCCN(C(=O)c2ccc(-c3ccccc3Cl)o2)C1. The maximum atomic E-state index is 12.8. The van der Waals surface area contributed by atoms with Gasteiger partial charge in [0.15, 0.2) is 5.76 Å². The Bertz CT molecular complexity index is 843. The third-order valence-electron chi connectivity index (χ3n) is 5.30. The Hall–Kier alpha value is -2.27. The highest BCUT2D eigenvalue weighted by Crippen LogP contribution is 2.30. The number of carbonyl (C=O) groups is 2. The van der Waals surface area contributed by atoms with Gasteiger partial charge in [0, 0.05) is 25.2 Å². The van der Waals surface area contributed by atoms with Gasteiger partial charge >= 0.3 is 0 Å². The number of nitrogens with one attached hydrogen (secondary N) is 1. The van der Waals surface area contributed by atoms with Crippen LogP contribution in [0.5, 0.6) is 0 Å². The van der Waals surface area contributed by atoms with Crippen LogP contribution in [-0.4, -0.2) is 36.3 Å². The second-order valence-electron chi connectivity index (χ2n) is 7.42. The maximum Gasteiger partial charge on any atom is 0.289 e. The highest BCUT2D eigenvalue weighted by atomic mass is 35.5. The van der Waals surface area contributed by atoms with Gasteiger partial charge in [-0.2, -0.15) is 0 Å². The Morgan fingerprint density at radius 2 is 1.96 bits per heavy atom. The van der Waals surface area contributed by atoms with Crippen molar-refractivity contribution in [2.24, 2.45) is 11.8 Å². The van der Waals surface area contributed by atoms with Crippen LogP contribution in [0.1, 0.15) is 36.2 Å². The zero-order valence-electron chi connectivity index (χ0n) is 15.1. The van der Waals surface area contributed by atoms with Crippen LogP contribution in [0.2, 0.25) is 5.02 Å². The highest BCUT2D eigenvalue weighted by molar-refractivity contribution is 6.33. The summed E-state index contributed by atoms with van der Waals surface area (Å²) in [5.41, 5.74) is 0.759. The summed E-state index contributed by atoms with van der Waals surface area (Å²) in [6.45, 7) is 1.85. The predicted octanol–water partition coefficient (Wildman–Crippen LogP) is 3.98. The van der Waals surface area contributed by atoms with Crippen LogP contribution in [0.25, 0.3) is 11.3 Å². The van der Waals surface area contributed by atoms with E-state index in [-0.39, 0.29) is 23.5 Å². The van der Waals surface area contributed by atoms with Crippen LogP contribution in [-0.2, 0) is 4.79 Å². The minimum Gasteiger partial charge on any atom is -0.451 e. The fraction of sp³-hybridized carbons (Fsp3) is 0.429. The standard InChI is InChI=1S/C21H23ClN2O3/c22-17-6-2-1-5-16(17)18-9-10-19(27-18)21(26)24-11-3-4-15(13-24)20(25)23-12-14-7-8-14/h1-2,5-6,9-10,14-15H,3-4,7-8,11-13H2,(H,23,25)/t15-/m1/s1. The van der Waals surface area contributed by atoms with Crippen molar-refractivity contribution in [3.63, 3.8) is 0 Å². The first-order valence-electron chi connectivity index (χ1n) is 9.53. The summed E-state index contributed by atoms with van der Waals surface area (Å²) < 4.78 is 5.77. The molecule has 2 amide bonds. The van der Waals surface area contributed by atoms with Crippen molar-refractivity contribution in [1.29, 1.82) is 0 Å². The molecule has 1 aliphatic carbocycles. The van der Waals surface area contributed by atoms with Crippen LogP contribution in [0.3, 0.4) is 0 Å². The Morgan fingerprint density at radius 3 is 2.74 bits per heavy atom. The van der Waals surface area contributed by atoms with Crippen LogP contribution in [0, 0.1) is 11.8 Å². The quantitative estimate of drug-likeness (QED) is 0.845. The Labute approximate surface area is 163 Å². The Morgan fingerprint density at radius 1 is 1.15 bits per heavy atom. The summed E-state index contributed by atoms with van der Waals surface area (Å²) in [5.74, 6) is 1.26. The Kier molecular flexibility index (Phi) is 5.21. The number of amides is 2. The van der Waals surface area contributed by atoms with Gasteiger partial charge in [-0.3, -0.25) is 9.59 Å². The fourth-order valence-electron chi connectivity index (χ4n) is 3.50. The molecule has 1 aromatic carbocycles. The first kappa shape index (κ1) is 18.1. The second-order valence-corrected chi connectivity index (χ2v) is 7.83. The van der Waals surface area contributed by atoms with Crippen molar-refractivity contribution in [1.82, 2.24) is 10.2 Å². The number of rotatable bonds is 5. The monoisotopic (exact) mass is 386 g/mol. The summed E-state index contributed by atoms with van der Waals surface area (Å²) in [6.07, 6.45) is 4.07. The fourth-order valence-corrected chi connectivity index (χ4v) is 3.73. The molecule has 4 rings (SSSR count). The number of furan rings is 1. The van der Waals surface area contributed by atoms with Gasteiger partial charge in [-0.1, -0.05) is 23.7 Å². The van der Waals surface area contributed by atoms with E-state index in [2.05, 4.69) is 5.32 Å². The number of piperidine rings is 1. The summed E-state index contributed by atoms with van der Waals surface area (Å²) in [4.78, 5) is 26.9. The molecule has 2 aliphatic rings. The lowest BCUT2D eigenvalue weighted by Crippen LogP contribution is -2.45. The molecule has 27 heavy (non-hydrogen) atoms. The molecule has 1 aromatic heterocycles. The molecular formula is C21H23ClN2O3. The summed E-state index contributed by atoms with van der Waals surface area (Å²) in [7, 11) is 0. The van der Waals surface area contributed by atoms with Gasteiger partial charge in [0.1, 0.15) is 5.76 Å². The number of nitrogens with zero attached hydrogens (tertiary/aromatic N) is 1. The van der Waals surface area contributed by atoms with Gasteiger partial charge in [0.2, 0.25) is 5.91 Å². The number of benzene rings is 1. The molecule has 0 radical (unpaired) electrons. The summed E-state index contributed by atoms with van der Waals surface area (Å²) in [6, 6.07) is 10.8. The minimum atomic E-state index is -0.173. The van der Waals surface area contributed by atoms with Crippen molar-refractivity contribution < 1.29 is 14.0 Å². The number of likely N-dealkylation sites (tertiary alicyclic amines) is 1. The van der Waals surface area contributed by atoms with Gasteiger partial charge in [-0.25, -0.2) is 0 Å². The van der Waals surface area contributed by atoms with Gasteiger partial charge in [-0.15, -0.1) is 0 Å². The Balaban J connectivity index is 1.41. The molecule has 0 unspecified atom stereocenters. The minimum absolute atomic E-state index is 0.0654. The molecule has 0 bridgehead atoms. The zero-order chi connectivity index (χ0) is 18.8. The van der Waals surface area contributed by atoms with E-state index in [1.54, 1.807) is 23.1 Å². The average molecular weight is 387 g/mol. The number of carbonyl (C=O) groups excluding carboxylic acids is 2. The van der Waals surface area contributed by atoms with E-state index >= 15 is 0 Å². The van der Waals surface area contributed by atoms with E-state index in [9.17, 15) is 9.59 Å². The summed E-state index contributed by atoms with van der Waals surface area (Å²) in [5, 5.41) is 3.61. The molecule has 5 nitrogen and oxygen atoms in total. The van der Waals surface area contributed by atoms with E-state index in [4.69, 9.17) is 16.0 Å². The first-order valence-corrected chi connectivity index (χ1v) is 9.91. The molecular weight excluding hydrogens is 364 g/mol. The molecule has 1 atom stereocenters. The molecule has 2 fully saturated rings. The third kappa shape index (κ3) is 4.19. The molecule has 6 heteroatoms. The predicted molar refractivity (Wildman–Crippen MR) is 104 cm³/mol. The normalized spacial score (nSPS) is 19.7. The van der Waals surface area contributed by atoms with E-state index in [1.165, 1.54) is 12.8 Å². The molecule has 1 saturated carbocycles. The lowest BCUT2D eigenvalue weighted by molar-refractivity contribution is -0.126. The maximum absolute atomic E-state index is 12.8. The van der Waals surface area contributed by atoms with Gasteiger partial charge < -0.3 is 14.6 Å². The first-order chi connectivity index (χ1) is 13.1. The summed E-state index contributed by atoms with van der Waals surface area (Å²) >= 11 is 6.21. The number of halogens is 1. The molecule has 0 spiro atoms. The smallest absolute Gasteiger partial charge is 0.289 e. The third-order valence-corrected chi connectivity index (χ3v) is 5.63. The molecule has 1 saturated heterocycles. The lowest BCUT2D eigenvalue weighted by Gasteiger charge is -2.31.